The third kappa shape index (κ3) is 8.02. The van der Waals surface area contributed by atoms with E-state index >= 15 is 0 Å². The molecular weight excluding hydrogens is 644 g/mol. The van der Waals surface area contributed by atoms with Crippen LogP contribution >= 0.6 is 0 Å². The molecule has 3 heterocycles. The van der Waals surface area contributed by atoms with Crippen LogP contribution in [0, 0.1) is 11.8 Å². The molecule has 0 saturated heterocycles. The summed E-state index contributed by atoms with van der Waals surface area (Å²) in [5.74, 6) is -3.08. The molecule has 0 aliphatic carbocycles. The number of hydrogen-bond donors (Lipinski definition) is 2. The zero-order chi connectivity index (χ0) is 35.9. The fourth-order valence-corrected chi connectivity index (χ4v) is 5.46. The molecule has 14 heteroatoms. The molecule has 0 aliphatic heterocycles. The van der Waals surface area contributed by atoms with Crippen molar-refractivity contribution < 1.29 is 28.7 Å². The Bertz CT molecular complexity index is 1960. The van der Waals surface area contributed by atoms with Gasteiger partial charge in [-0.05, 0) is 35.8 Å². The van der Waals surface area contributed by atoms with Gasteiger partial charge in [-0.3, -0.25) is 28.0 Å². The predicted octanol–water partition coefficient (Wildman–Crippen LogP) is 2.92. The fourth-order valence-electron chi connectivity index (χ4n) is 5.46. The number of ether oxygens (including phenoxy) is 2. The molecule has 2 aromatic carbocycles. The maximum atomic E-state index is 13.7. The number of esters is 2. The number of nitrogens with one attached hydrogen (secondary N) is 2. The van der Waals surface area contributed by atoms with E-state index in [0.29, 0.717) is 0 Å². The smallest absolute Gasteiger partial charge is 0.328 e. The molecule has 2 atom stereocenters. The normalized spacial score (nSPS) is 12.6. The second-order valence-corrected chi connectivity index (χ2v) is 12.7. The van der Waals surface area contributed by atoms with E-state index in [1.54, 1.807) is 24.3 Å². The Labute approximate surface area is 286 Å². The van der Waals surface area contributed by atoms with Crippen molar-refractivity contribution in [1.82, 2.24) is 29.4 Å². The third-order valence-electron chi connectivity index (χ3n) is 7.85. The van der Waals surface area contributed by atoms with E-state index in [2.05, 4.69) is 20.6 Å². The highest BCUT2D eigenvalue weighted by molar-refractivity contribution is 6.02. The van der Waals surface area contributed by atoms with Gasteiger partial charge >= 0.3 is 11.9 Å². The first-order valence-corrected chi connectivity index (χ1v) is 16.2. The van der Waals surface area contributed by atoms with Crippen LogP contribution in [0.25, 0.3) is 11.0 Å². The molecule has 2 amide bonds. The molecule has 260 valence electrons. The van der Waals surface area contributed by atoms with E-state index < -0.39 is 58.3 Å². The van der Waals surface area contributed by atoms with Crippen LogP contribution in [0.2, 0.25) is 0 Å². The van der Waals surface area contributed by atoms with Gasteiger partial charge in [-0.2, -0.15) is 0 Å². The topological polar surface area (TPSA) is 180 Å². The lowest BCUT2D eigenvalue weighted by Crippen LogP contribution is -2.43. The molecule has 5 rings (SSSR count). The summed E-state index contributed by atoms with van der Waals surface area (Å²) in [4.78, 5) is 88.3. The minimum Gasteiger partial charge on any atom is -0.459 e. The highest BCUT2D eigenvalue weighted by atomic mass is 16.5. The molecule has 0 bridgehead atoms. The van der Waals surface area contributed by atoms with E-state index in [0.717, 1.165) is 32.6 Å². The molecule has 14 nitrogen and oxygen atoms in total. The number of nitrogens with zero attached hydrogens (tertiary/aromatic N) is 4. The summed E-state index contributed by atoms with van der Waals surface area (Å²) in [6, 6.07) is 16.0. The first kappa shape index (κ1) is 35.4. The molecule has 3 aromatic heterocycles. The summed E-state index contributed by atoms with van der Waals surface area (Å²) in [7, 11) is 0. The van der Waals surface area contributed by atoms with Crippen LogP contribution in [0.15, 0.2) is 82.9 Å². The minimum atomic E-state index is -1.06. The number of fused-ring (bicyclic) bond motifs is 2. The molecule has 2 N–H and O–H groups in total. The lowest BCUT2D eigenvalue weighted by molar-refractivity contribution is -0.148. The van der Waals surface area contributed by atoms with Gasteiger partial charge in [-0.1, -0.05) is 88.4 Å². The second-order valence-electron chi connectivity index (χ2n) is 12.7. The average molecular weight is 683 g/mol. The van der Waals surface area contributed by atoms with E-state index in [4.69, 9.17) is 9.47 Å². The number of benzene rings is 2. The average Bonchev–Trinajstić information content (AvgIpc) is 3.75. The molecule has 0 unspecified atom stereocenters. The fraction of sp³-hybridized carbons (Fsp3) is 0.333. The summed E-state index contributed by atoms with van der Waals surface area (Å²) in [6.07, 6.45) is 2.47. The highest BCUT2D eigenvalue weighted by Crippen LogP contribution is 2.14. The Kier molecular flexibility index (Phi) is 11.0. The molecule has 50 heavy (non-hydrogen) atoms. The van der Waals surface area contributed by atoms with Crippen LogP contribution in [0.5, 0.6) is 0 Å². The summed E-state index contributed by atoms with van der Waals surface area (Å²) in [5.41, 5.74) is -1.67. The van der Waals surface area contributed by atoms with Gasteiger partial charge < -0.3 is 20.1 Å². The first-order chi connectivity index (χ1) is 23.9. The van der Waals surface area contributed by atoms with E-state index in [9.17, 15) is 28.8 Å². The standard InChI is InChI=1S/C36H38N6O8/c1-21(2)15-25(35(47)49-17-23-11-7-5-8-12-23)39-31(43)27-29-33(45)42-20-38-28(30(42)34(46)41(29)19-37-27)32(44)40-26(16-22(3)4)36(48)50-18-24-13-9-6-10-14-24/h5-14,19-22,25-26H,15-18H2,1-4H3,(H,39,43)(H,40,44)/t25-,26-/m0/s1. The Morgan fingerprint density at radius 2 is 0.980 bits per heavy atom. The van der Waals surface area contributed by atoms with Crippen LogP contribution in [0.4, 0.5) is 0 Å². The summed E-state index contributed by atoms with van der Waals surface area (Å²) >= 11 is 0. The van der Waals surface area contributed by atoms with Crippen molar-refractivity contribution in [3.8, 4) is 0 Å². The molecule has 0 saturated carbocycles. The van der Waals surface area contributed by atoms with Gasteiger partial charge in [0.25, 0.3) is 22.9 Å². The van der Waals surface area contributed by atoms with Crippen LogP contribution < -0.4 is 21.8 Å². The Balaban J connectivity index is 1.38. The maximum Gasteiger partial charge on any atom is 0.328 e. The van der Waals surface area contributed by atoms with Gasteiger partial charge in [0.05, 0.1) is 0 Å². The Morgan fingerprint density at radius 1 is 0.620 bits per heavy atom. The van der Waals surface area contributed by atoms with Crippen LogP contribution in [-0.2, 0) is 32.3 Å². The quantitative estimate of drug-likeness (QED) is 0.165. The van der Waals surface area contributed by atoms with Crippen molar-refractivity contribution in [1.29, 1.82) is 0 Å². The van der Waals surface area contributed by atoms with Gasteiger partial charge in [0.2, 0.25) is 0 Å². The largest absolute Gasteiger partial charge is 0.459 e. The summed E-state index contributed by atoms with van der Waals surface area (Å²) in [6.45, 7) is 7.50. The van der Waals surface area contributed by atoms with Crippen molar-refractivity contribution in [2.24, 2.45) is 11.8 Å². The lowest BCUT2D eigenvalue weighted by Gasteiger charge is -2.19. The van der Waals surface area contributed by atoms with E-state index in [1.807, 2.05) is 64.1 Å². The molecule has 0 spiro atoms. The number of hydrogen-bond acceptors (Lipinski definition) is 10. The predicted molar refractivity (Wildman–Crippen MR) is 182 cm³/mol. The number of rotatable bonds is 14. The van der Waals surface area contributed by atoms with Crippen LogP contribution in [0.1, 0.15) is 72.6 Å². The SMILES string of the molecule is CC(C)C[C@H](NC(=O)c1ncn2c(=O)c3c(C(=O)N[C@@H](CC(C)C)C(=O)OCc4ccccc4)ncn3c(=O)c12)C(=O)OCc1ccccc1. The summed E-state index contributed by atoms with van der Waals surface area (Å²) < 4.78 is 12.6. The molecule has 0 radical (unpaired) electrons. The Morgan fingerprint density at radius 3 is 1.32 bits per heavy atom. The van der Waals surface area contributed by atoms with Gasteiger partial charge in [-0.25, -0.2) is 19.6 Å². The van der Waals surface area contributed by atoms with Crippen LogP contribution in [0.3, 0.4) is 0 Å². The van der Waals surface area contributed by atoms with Crippen molar-refractivity contribution in [2.75, 3.05) is 0 Å². The molecule has 0 aliphatic rings. The monoisotopic (exact) mass is 682 g/mol. The maximum absolute atomic E-state index is 13.7. The molecular formula is C36H38N6O8. The zero-order valence-electron chi connectivity index (χ0n) is 28.1. The number of carbonyl (C=O) groups excluding carboxylic acids is 4. The number of carbonyl (C=O) groups is 4. The second kappa shape index (κ2) is 15.5. The van der Waals surface area contributed by atoms with Crippen molar-refractivity contribution >= 4 is 34.8 Å². The van der Waals surface area contributed by atoms with Crippen molar-refractivity contribution in [3.63, 3.8) is 0 Å². The zero-order valence-corrected chi connectivity index (χ0v) is 28.1. The van der Waals surface area contributed by atoms with Crippen molar-refractivity contribution in [2.45, 2.75) is 65.8 Å². The first-order valence-electron chi connectivity index (χ1n) is 16.2. The molecule has 5 aromatic rings. The van der Waals surface area contributed by atoms with E-state index in [-0.39, 0.29) is 48.9 Å². The third-order valence-corrected chi connectivity index (χ3v) is 7.85. The number of amides is 2. The highest BCUT2D eigenvalue weighted by Gasteiger charge is 2.30. The van der Waals surface area contributed by atoms with Crippen LogP contribution in [-0.4, -0.2) is 54.6 Å². The minimum absolute atomic E-state index is 0.00338. The van der Waals surface area contributed by atoms with E-state index in [1.165, 1.54) is 0 Å². The van der Waals surface area contributed by atoms with Crippen molar-refractivity contribution in [3.05, 3.63) is 117 Å². The summed E-state index contributed by atoms with van der Waals surface area (Å²) in [5, 5.41) is 5.20. The van der Waals surface area contributed by atoms with Gasteiger partial charge in [0.1, 0.15) is 49.0 Å². The Hall–Kier alpha value is -5.92. The van der Waals surface area contributed by atoms with Gasteiger partial charge in [0, 0.05) is 0 Å². The number of aromatic nitrogens is 4. The lowest BCUT2D eigenvalue weighted by atomic mass is 10.0. The van der Waals surface area contributed by atoms with Gasteiger partial charge in [-0.15, -0.1) is 0 Å². The number of imidazole rings is 2. The molecule has 0 fully saturated rings. The van der Waals surface area contributed by atoms with Gasteiger partial charge in [0.15, 0.2) is 11.4 Å².